The van der Waals surface area contributed by atoms with Crippen molar-refractivity contribution >= 4 is 0 Å². The Morgan fingerprint density at radius 2 is 1.92 bits per heavy atom. The van der Waals surface area contributed by atoms with Gasteiger partial charge >= 0.3 is 11.4 Å². The monoisotopic (exact) mass is 173 g/mol. The van der Waals surface area contributed by atoms with Crippen LogP contribution in [-0.4, -0.2) is 26.0 Å². The summed E-state index contributed by atoms with van der Waals surface area (Å²) in [5.41, 5.74) is -0.943. The maximum Gasteiger partial charge on any atom is 0.344 e. The summed E-state index contributed by atoms with van der Waals surface area (Å²) in [5.74, 6) is 0. The van der Waals surface area contributed by atoms with E-state index in [2.05, 4.69) is 10.2 Å². The van der Waals surface area contributed by atoms with E-state index in [1.807, 2.05) is 0 Å². The highest BCUT2D eigenvalue weighted by Crippen LogP contribution is 1.89. The van der Waals surface area contributed by atoms with Gasteiger partial charge in [0.25, 0.3) is 0 Å². The fourth-order valence-corrected chi connectivity index (χ4v) is 0.853. The van der Waals surface area contributed by atoms with Crippen molar-refractivity contribution in [2.75, 3.05) is 0 Å². The van der Waals surface area contributed by atoms with Crippen LogP contribution in [0, 0.1) is 0 Å². The minimum atomic E-state index is -0.508. The average molecular weight is 173 g/mol. The number of aromatic amines is 2. The minimum Gasteiger partial charge on any atom is -0.393 e. The standard InChI is InChI=1S/C6H11N3O3/c1-4(10)2-3-9-5(11)7-8-6(9)12/h4,10H,2-3H2,1H3,(H,7,11)(H,8,12). The van der Waals surface area contributed by atoms with E-state index >= 15 is 0 Å². The number of nitrogens with zero attached hydrogens (tertiary/aromatic N) is 1. The predicted octanol–water partition coefficient (Wildman–Crippen LogP) is -1.36. The molecule has 1 aromatic rings. The van der Waals surface area contributed by atoms with Gasteiger partial charge in [0, 0.05) is 6.54 Å². The van der Waals surface area contributed by atoms with Crippen LogP contribution in [0.15, 0.2) is 9.59 Å². The van der Waals surface area contributed by atoms with Gasteiger partial charge in [-0.25, -0.2) is 24.4 Å². The second-order valence-corrected chi connectivity index (χ2v) is 2.65. The third-order valence-corrected chi connectivity index (χ3v) is 1.54. The van der Waals surface area contributed by atoms with Gasteiger partial charge in [-0.05, 0) is 13.3 Å². The van der Waals surface area contributed by atoms with Crippen LogP contribution in [0.2, 0.25) is 0 Å². The summed E-state index contributed by atoms with van der Waals surface area (Å²) in [5, 5.41) is 13.2. The normalized spacial score (nSPS) is 13.2. The van der Waals surface area contributed by atoms with E-state index in [4.69, 9.17) is 5.11 Å². The lowest BCUT2D eigenvalue weighted by molar-refractivity contribution is 0.177. The highest BCUT2D eigenvalue weighted by molar-refractivity contribution is 4.65. The Kier molecular flexibility index (Phi) is 2.49. The Bertz CT molecular complexity index is 318. The molecule has 0 fully saturated rings. The third-order valence-electron chi connectivity index (χ3n) is 1.54. The van der Waals surface area contributed by atoms with Gasteiger partial charge in [0.1, 0.15) is 0 Å². The van der Waals surface area contributed by atoms with E-state index in [1.165, 1.54) is 0 Å². The largest absolute Gasteiger partial charge is 0.393 e. The van der Waals surface area contributed by atoms with Gasteiger partial charge in [-0.15, -0.1) is 0 Å². The van der Waals surface area contributed by atoms with Gasteiger partial charge in [-0.3, -0.25) is 0 Å². The summed E-state index contributed by atoms with van der Waals surface area (Å²) >= 11 is 0. The molecule has 68 valence electrons. The van der Waals surface area contributed by atoms with Gasteiger partial charge < -0.3 is 5.11 Å². The Morgan fingerprint density at radius 3 is 2.33 bits per heavy atom. The number of aliphatic hydroxyl groups excluding tert-OH is 1. The van der Waals surface area contributed by atoms with Crippen molar-refractivity contribution in [2.24, 2.45) is 0 Å². The van der Waals surface area contributed by atoms with Crippen LogP contribution in [0.3, 0.4) is 0 Å². The van der Waals surface area contributed by atoms with Crippen LogP contribution >= 0.6 is 0 Å². The van der Waals surface area contributed by atoms with Crippen molar-refractivity contribution < 1.29 is 5.11 Å². The maximum atomic E-state index is 10.8. The quantitative estimate of drug-likeness (QED) is 0.527. The van der Waals surface area contributed by atoms with Crippen LogP contribution in [0.5, 0.6) is 0 Å². The molecule has 0 spiro atoms. The van der Waals surface area contributed by atoms with Crippen molar-refractivity contribution in [1.29, 1.82) is 0 Å². The van der Waals surface area contributed by atoms with Crippen LogP contribution < -0.4 is 11.4 Å². The first-order valence-corrected chi connectivity index (χ1v) is 3.67. The lowest BCUT2D eigenvalue weighted by Gasteiger charge is -2.01. The highest BCUT2D eigenvalue weighted by atomic mass is 16.3. The van der Waals surface area contributed by atoms with E-state index in [-0.39, 0.29) is 6.54 Å². The second kappa shape index (κ2) is 3.40. The Labute approximate surface area is 67.8 Å². The summed E-state index contributed by atoms with van der Waals surface area (Å²) in [6.45, 7) is 1.83. The number of nitrogens with one attached hydrogen (secondary N) is 2. The molecule has 3 N–H and O–H groups in total. The molecular formula is C6H11N3O3. The van der Waals surface area contributed by atoms with E-state index in [0.29, 0.717) is 6.42 Å². The molecule has 0 aliphatic rings. The van der Waals surface area contributed by atoms with Gasteiger partial charge in [0.05, 0.1) is 6.10 Å². The van der Waals surface area contributed by atoms with Crippen molar-refractivity contribution in [3.05, 3.63) is 21.0 Å². The van der Waals surface area contributed by atoms with Crippen LogP contribution in [0.1, 0.15) is 13.3 Å². The summed E-state index contributed by atoms with van der Waals surface area (Å²) < 4.78 is 1.01. The molecule has 0 aliphatic carbocycles. The van der Waals surface area contributed by atoms with Gasteiger partial charge in [0.15, 0.2) is 0 Å². The molecule has 0 radical (unpaired) electrons. The minimum absolute atomic E-state index is 0.231. The zero-order valence-corrected chi connectivity index (χ0v) is 6.70. The molecule has 0 saturated heterocycles. The van der Waals surface area contributed by atoms with Crippen LogP contribution in [0.4, 0.5) is 0 Å². The first kappa shape index (κ1) is 8.79. The molecule has 0 amide bonds. The van der Waals surface area contributed by atoms with Crippen molar-refractivity contribution in [3.8, 4) is 0 Å². The molecule has 0 aromatic carbocycles. The number of aromatic nitrogens is 3. The second-order valence-electron chi connectivity index (χ2n) is 2.65. The molecule has 1 rings (SSSR count). The zero-order valence-electron chi connectivity index (χ0n) is 6.70. The molecular weight excluding hydrogens is 162 g/mol. The Morgan fingerprint density at radius 1 is 1.42 bits per heavy atom. The van der Waals surface area contributed by atoms with E-state index < -0.39 is 17.5 Å². The van der Waals surface area contributed by atoms with Crippen molar-refractivity contribution in [2.45, 2.75) is 26.0 Å². The molecule has 1 unspecified atom stereocenters. The maximum absolute atomic E-state index is 10.8. The van der Waals surface area contributed by atoms with Gasteiger partial charge in [0.2, 0.25) is 0 Å². The highest BCUT2D eigenvalue weighted by Gasteiger charge is 2.03. The third kappa shape index (κ3) is 1.85. The van der Waals surface area contributed by atoms with E-state index in [9.17, 15) is 9.59 Å². The Balaban J connectivity index is 2.75. The molecule has 6 heteroatoms. The van der Waals surface area contributed by atoms with E-state index in [1.54, 1.807) is 6.92 Å². The smallest absolute Gasteiger partial charge is 0.344 e. The Hall–Kier alpha value is -1.30. The van der Waals surface area contributed by atoms with Crippen molar-refractivity contribution in [1.82, 2.24) is 14.8 Å². The number of hydrogen-bond donors (Lipinski definition) is 3. The van der Waals surface area contributed by atoms with Crippen molar-refractivity contribution in [3.63, 3.8) is 0 Å². The fourth-order valence-electron chi connectivity index (χ4n) is 0.853. The molecule has 6 nitrogen and oxygen atoms in total. The summed E-state index contributed by atoms with van der Waals surface area (Å²) in [7, 11) is 0. The SMILES string of the molecule is CC(O)CCn1c(=O)[nH][nH]c1=O. The number of H-pyrrole nitrogens is 2. The predicted molar refractivity (Wildman–Crippen MR) is 42.0 cm³/mol. The molecule has 1 aromatic heterocycles. The first-order chi connectivity index (χ1) is 5.61. The topological polar surface area (TPSA) is 90.9 Å². The number of hydrogen-bond acceptors (Lipinski definition) is 3. The lowest BCUT2D eigenvalue weighted by atomic mass is 10.3. The first-order valence-electron chi connectivity index (χ1n) is 3.67. The average Bonchev–Trinajstić information content (AvgIpc) is 2.28. The zero-order chi connectivity index (χ0) is 9.14. The molecule has 1 heterocycles. The number of rotatable bonds is 3. The molecule has 12 heavy (non-hydrogen) atoms. The lowest BCUT2D eigenvalue weighted by Crippen LogP contribution is -2.27. The van der Waals surface area contributed by atoms with Gasteiger partial charge in [-0.1, -0.05) is 0 Å². The van der Waals surface area contributed by atoms with E-state index in [0.717, 1.165) is 4.57 Å². The van der Waals surface area contributed by atoms with Crippen LogP contribution in [0.25, 0.3) is 0 Å². The molecule has 0 saturated carbocycles. The molecule has 1 atom stereocenters. The molecule has 0 aliphatic heterocycles. The summed E-state index contributed by atoms with van der Waals surface area (Å²) in [6.07, 6.45) is -0.118. The summed E-state index contributed by atoms with van der Waals surface area (Å²) in [4.78, 5) is 21.7. The fraction of sp³-hybridized carbons (Fsp3) is 0.667. The number of aliphatic hydroxyl groups is 1. The summed E-state index contributed by atoms with van der Waals surface area (Å²) in [6, 6.07) is 0. The molecule has 0 bridgehead atoms. The van der Waals surface area contributed by atoms with Crippen LogP contribution in [-0.2, 0) is 6.54 Å². The van der Waals surface area contributed by atoms with Gasteiger partial charge in [-0.2, -0.15) is 0 Å².